The van der Waals surface area contributed by atoms with Gasteiger partial charge in [-0.2, -0.15) is 0 Å². The summed E-state index contributed by atoms with van der Waals surface area (Å²) >= 11 is 0. The first-order valence-electron chi connectivity index (χ1n) is 7.72. The monoisotopic (exact) mass is 297 g/mol. The van der Waals surface area contributed by atoms with Crippen LogP contribution in [-0.2, 0) is 6.54 Å². The number of hydrogen-bond donors (Lipinski definition) is 1. The van der Waals surface area contributed by atoms with Gasteiger partial charge in [0.05, 0.1) is 6.04 Å². The maximum absolute atomic E-state index is 10.5. The minimum Gasteiger partial charge on any atom is -0.490 e. The first-order chi connectivity index (χ1) is 10.6. The molecule has 0 radical (unpaired) electrons. The van der Waals surface area contributed by atoms with Crippen LogP contribution in [0.5, 0.6) is 5.75 Å². The minimum atomic E-state index is -0.512. The van der Waals surface area contributed by atoms with Gasteiger partial charge in [-0.15, -0.1) is 0 Å². The molecule has 2 aromatic rings. The van der Waals surface area contributed by atoms with E-state index < -0.39 is 6.10 Å². The van der Waals surface area contributed by atoms with E-state index in [1.54, 1.807) is 0 Å². The van der Waals surface area contributed by atoms with Crippen molar-refractivity contribution in [2.45, 2.75) is 32.5 Å². The van der Waals surface area contributed by atoms with Crippen LogP contribution in [0.25, 0.3) is 0 Å². The summed E-state index contributed by atoms with van der Waals surface area (Å²) in [4.78, 5) is 2.21. The maximum atomic E-state index is 10.5. The highest BCUT2D eigenvalue weighted by Crippen LogP contribution is 2.39. The molecule has 1 aliphatic heterocycles. The van der Waals surface area contributed by atoms with E-state index in [1.165, 1.54) is 11.1 Å². The van der Waals surface area contributed by atoms with Crippen molar-refractivity contribution in [2.24, 2.45) is 0 Å². The van der Waals surface area contributed by atoms with Crippen molar-refractivity contribution < 1.29 is 9.84 Å². The molecule has 0 saturated heterocycles. The van der Waals surface area contributed by atoms with E-state index in [-0.39, 0.29) is 6.04 Å². The van der Waals surface area contributed by atoms with Gasteiger partial charge in [-0.05, 0) is 32.0 Å². The van der Waals surface area contributed by atoms with Crippen LogP contribution >= 0.6 is 0 Å². The van der Waals surface area contributed by atoms with Crippen LogP contribution in [0.2, 0.25) is 0 Å². The Morgan fingerprint density at radius 2 is 1.91 bits per heavy atom. The molecule has 0 spiro atoms. The second-order valence-corrected chi connectivity index (χ2v) is 6.22. The summed E-state index contributed by atoms with van der Waals surface area (Å²) in [5.74, 6) is 0.931. The summed E-state index contributed by atoms with van der Waals surface area (Å²) in [5.41, 5.74) is 4.68. The Labute approximate surface area is 132 Å². The summed E-state index contributed by atoms with van der Waals surface area (Å²) in [6.45, 7) is 5.30. The number of nitrogens with zero attached hydrogens (tertiary/aromatic N) is 1. The van der Waals surface area contributed by atoms with Crippen LogP contribution in [0.15, 0.2) is 42.5 Å². The molecule has 0 amide bonds. The summed E-state index contributed by atoms with van der Waals surface area (Å²) < 4.78 is 5.78. The van der Waals surface area contributed by atoms with E-state index in [0.29, 0.717) is 6.61 Å². The molecular weight excluding hydrogens is 274 g/mol. The molecule has 0 aliphatic carbocycles. The predicted octanol–water partition coefficient (Wildman–Crippen LogP) is 3.23. The van der Waals surface area contributed by atoms with Crippen molar-refractivity contribution >= 4 is 0 Å². The number of likely N-dealkylation sites (N-methyl/N-ethyl adjacent to an activating group) is 1. The molecule has 22 heavy (non-hydrogen) atoms. The van der Waals surface area contributed by atoms with E-state index in [2.05, 4.69) is 50.1 Å². The van der Waals surface area contributed by atoms with Crippen LogP contribution < -0.4 is 4.74 Å². The fraction of sp³-hybridized carbons (Fsp3) is 0.368. The van der Waals surface area contributed by atoms with Crippen LogP contribution in [0.3, 0.4) is 0 Å². The molecular formula is C19H23NO2. The molecule has 0 saturated carbocycles. The molecule has 1 aliphatic rings. The lowest BCUT2D eigenvalue weighted by Gasteiger charge is -2.37. The molecule has 2 atom stereocenters. The lowest BCUT2D eigenvalue weighted by molar-refractivity contribution is 0.00657. The zero-order valence-electron chi connectivity index (χ0n) is 13.4. The Balaban J connectivity index is 1.93. The van der Waals surface area contributed by atoms with Gasteiger partial charge in [-0.3, -0.25) is 4.90 Å². The van der Waals surface area contributed by atoms with Gasteiger partial charge in [0, 0.05) is 12.1 Å². The van der Waals surface area contributed by atoms with Crippen LogP contribution in [0.4, 0.5) is 0 Å². The molecule has 0 bridgehead atoms. The summed E-state index contributed by atoms with van der Waals surface area (Å²) in [6, 6.07) is 14.6. The maximum Gasteiger partial charge on any atom is 0.127 e. The van der Waals surface area contributed by atoms with E-state index in [0.717, 1.165) is 23.4 Å². The first kappa shape index (κ1) is 15.1. The van der Waals surface area contributed by atoms with Crippen molar-refractivity contribution in [1.82, 2.24) is 4.90 Å². The van der Waals surface area contributed by atoms with Crippen molar-refractivity contribution in [3.8, 4) is 5.75 Å². The molecule has 3 nitrogen and oxygen atoms in total. The molecule has 2 aromatic carbocycles. The molecule has 0 aromatic heterocycles. The SMILES string of the molecule is Cc1cc(C)c2c(c1)C(N(C)Cc1ccccc1)C(O)CO2. The standard InChI is InChI=1S/C19H23NO2/c1-13-9-14(2)19-16(10-13)18(17(21)12-22-19)20(3)11-15-7-5-4-6-8-15/h4-10,17-18,21H,11-12H2,1-3H3. The summed E-state index contributed by atoms with van der Waals surface area (Å²) in [5, 5.41) is 10.5. The van der Waals surface area contributed by atoms with Crippen molar-refractivity contribution in [3.63, 3.8) is 0 Å². The number of rotatable bonds is 3. The average molecular weight is 297 g/mol. The molecule has 3 rings (SSSR count). The van der Waals surface area contributed by atoms with Crippen molar-refractivity contribution in [3.05, 3.63) is 64.7 Å². The van der Waals surface area contributed by atoms with Gasteiger partial charge in [-0.1, -0.05) is 48.0 Å². The Morgan fingerprint density at radius 1 is 1.18 bits per heavy atom. The van der Waals surface area contributed by atoms with Crippen LogP contribution in [0.1, 0.15) is 28.3 Å². The minimum absolute atomic E-state index is 0.0393. The fourth-order valence-electron chi connectivity index (χ4n) is 3.37. The van der Waals surface area contributed by atoms with Gasteiger partial charge in [0.25, 0.3) is 0 Å². The van der Waals surface area contributed by atoms with E-state index in [9.17, 15) is 5.11 Å². The number of aliphatic hydroxyl groups excluding tert-OH is 1. The summed E-state index contributed by atoms with van der Waals surface area (Å²) in [6.07, 6.45) is -0.512. The average Bonchev–Trinajstić information content (AvgIpc) is 2.47. The predicted molar refractivity (Wildman–Crippen MR) is 88.1 cm³/mol. The fourth-order valence-corrected chi connectivity index (χ4v) is 3.37. The van der Waals surface area contributed by atoms with Crippen molar-refractivity contribution in [1.29, 1.82) is 0 Å². The number of hydrogen-bond acceptors (Lipinski definition) is 3. The molecule has 1 N–H and O–H groups in total. The second-order valence-electron chi connectivity index (χ2n) is 6.22. The normalized spacial score (nSPS) is 20.6. The van der Waals surface area contributed by atoms with Gasteiger partial charge in [-0.25, -0.2) is 0 Å². The zero-order valence-corrected chi connectivity index (χ0v) is 13.4. The largest absolute Gasteiger partial charge is 0.490 e. The van der Waals surface area contributed by atoms with Gasteiger partial charge in [0.2, 0.25) is 0 Å². The lowest BCUT2D eigenvalue weighted by Crippen LogP contribution is -2.40. The Bertz CT molecular complexity index is 654. The van der Waals surface area contributed by atoms with Crippen LogP contribution in [-0.4, -0.2) is 29.8 Å². The highest BCUT2D eigenvalue weighted by Gasteiger charge is 2.33. The number of aryl methyl sites for hydroxylation is 2. The Hall–Kier alpha value is -1.84. The summed E-state index contributed by atoms with van der Waals surface area (Å²) in [7, 11) is 2.06. The topological polar surface area (TPSA) is 32.7 Å². The Morgan fingerprint density at radius 3 is 2.64 bits per heavy atom. The third-order valence-electron chi connectivity index (χ3n) is 4.28. The number of aliphatic hydroxyl groups is 1. The molecule has 116 valence electrons. The van der Waals surface area contributed by atoms with Gasteiger partial charge >= 0.3 is 0 Å². The number of benzene rings is 2. The lowest BCUT2D eigenvalue weighted by atomic mass is 9.93. The quantitative estimate of drug-likeness (QED) is 0.944. The van der Waals surface area contributed by atoms with Crippen molar-refractivity contribution in [2.75, 3.05) is 13.7 Å². The van der Waals surface area contributed by atoms with E-state index >= 15 is 0 Å². The highest BCUT2D eigenvalue weighted by atomic mass is 16.5. The number of fused-ring (bicyclic) bond motifs is 1. The van der Waals surface area contributed by atoms with E-state index in [1.807, 2.05) is 18.2 Å². The molecule has 1 heterocycles. The van der Waals surface area contributed by atoms with E-state index in [4.69, 9.17) is 4.74 Å². The third kappa shape index (κ3) is 2.87. The van der Waals surface area contributed by atoms with Gasteiger partial charge in [0.1, 0.15) is 18.5 Å². The van der Waals surface area contributed by atoms with Gasteiger partial charge < -0.3 is 9.84 Å². The molecule has 2 unspecified atom stereocenters. The zero-order chi connectivity index (χ0) is 15.7. The third-order valence-corrected chi connectivity index (χ3v) is 4.28. The van der Waals surface area contributed by atoms with Crippen LogP contribution in [0, 0.1) is 13.8 Å². The Kier molecular flexibility index (Phi) is 4.19. The van der Waals surface area contributed by atoms with Gasteiger partial charge in [0.15, 0.2) is 0 Å². The second kappa shape index (κ2) is 6.11. The number of ether oxygens (including phenoxy) is 1. The molecule has 3 heteroatoms. The highest BCUT2D eigenvalue weighted by molar-refractivity contribution is 5.47. The first-order valence-corrected chi connectivity index (χ1v) is 7.72. The smallest absolute Gasteiger partial charge is 0.127 e. The molecule has 0 fully saturated rings.